The predicted octanol–water partition coefficient (Wildman–Crippen LogP) is 3.70. The summed E-state index contributed by atoms with van der Waals surface area (Å²) in [6, 6.07) is 8.72. The first kappa shape index (κ1) is 28.6. The Labute approximate surface area is 237 Å². The second-order valence-corrected chi connectivity index (χ2v) is 11.9. The van der Waals surface area contributed by atoms with Crippen LogP contribution in [0.5, 0.6) is 0 Å². The van der Waals surface area contributed by atoms with Gasteiger partial charge in [-0.1, -0.05) is 68.7 Å². The number of aliphatic hydroxyl groups is 1. The summed E-state index contributed by atoms with van der Waals surface area (Å²) in [5, 5.41) is 9.18. The number of likely N-dealkylation sites (tertiary alicyclic amines) is 1. The van der Waals surface area contributed by atoms with Crippen molar-refractivity contribution in [2.75, 3.05) is 31.1 Å². The zero-order valence-corrected chi connectivity index (χ0v) is 24.0. The molecule has 8 nitrogen and oxygen atoms in total. The van der Waals surface area contributed by atoms with Gasteiger partial charge in [0.15, 0.2) is 0 Å². The van der Waals surface area contributed by atoms with Crippen LogP contribution < -0.4 is 4.90 Å². The number of benzene rings is 1. The molecule has 1 aromatic carbocycles. The van der Waals surface area contributed by atoms with E-state index in [4.69, 9.17) is 4.74 Å². The highest BCUT2D eigenvalue weighted by Gasteiger charge is 2.74. The van der Waals surface area contributed by atoms with Gasteiger partial charge in [-0.2, -0.15) is 0 Å². The molecule has 0 radical (unpaired) electrons. The predicted molar refractivity (Wildman–Crippen MR) is 153 cm³/mol. The molecule has 0 aliphatic carbocycles. The summed E-state index contributed by atoms with van der Waals surface area (Å²) in [4.78, 5) is 48.5. The fraction of sp³-hybridized carbons (Fsp3) is 0.594. The number of nitrogens with zero attached hydrogens (tertiary/aromatic N) is 3. The number of unbranched alkanes of at least 4 members (excludes halogenated alkanes) is 3. The number of carbonyl (C=O) groups excluding carboxylic acids is 3. The minimum Gasteiger partial charge on any atom is -0.396 e. The number of fused-ring (bicyclic) bond motifs is 2. The van der Waals surface area contributed by atoms with E-state index in [1.54, 1.807) is 9.80 Å². The standard InChI is InChI=1S/C32H43N3O5/c1-4-14-23(2)33-20-13-18-32-26(29(38)35(27(32)30(33)39)19-10-5-6-11-22-36)25-28(37)34(24-15-8-7-9-16-24)21-12-17-31(25,3)40-32/h7-9,12-13,15-18,23,25-27,36H,4-6,10-11,14,19-22H2,1-3H3/t23?,25-,26+,27?,31+,32+/m1/s1. The number of ether oxygens (including phenoxy) is 1. The van der Waals surface area contributed by atoms with E-state index in [9.17, 15) is 19.5 Å². The van der Waals surface area contributed by atoms with Crippen molar-refractivity contribution in [1.82, 2.24) is 9.80 Å². The van der Waals surface area contributed by atoms with Gasteiger partial charge in [0.05, 0.1) is 17.4 Å². The first-order valence-electron chi connectivity index (χ1n) is 14.9. The Kier molecular flexibility index (Phi) is 8.20. The number of hydrogen-bond acceptors (Lipinski definition) is 5. The lowest BCUT2D eigenvalue weighted by Crippen LogP contribution is -2.57. The van der Waals surface area contributed by atoms with Crippen molar-refractivity contribution in [3.8, 4) is 0 Å². The van der Waals surface area contributed by atoms with Crippen molar-refractivity contribution < 1.29 is 24.2 Å². The second-order valence-electron chi connectivity index (χ2n) is 11.9. The Morgan fingerprint density at radius 3 is 2.40 bits per heavy atom. The van der Waals surface area contributed by atoms with Crippen LogP contribution in [0.15, 0.2) is 54.6 Å². The molecule has 1 aromatic rings. The summed E-state index contributed by atoms with van der Waals surface area (Å²) in [6.45, 7) is 7.46. The number of amides is 3. The molecule has 40 heavy (non-hydrogen) atoms. The highest BCUT2D eigenvalue weighted by Crippen LogP contribution is 2.57. The van der Waals surface area contributed by atoms with E-state index in [0.717, 1.165) is 37.8 Å². The summed E-state index contributed by atoms with van der Waals surface area (Å²) >= 11 is 0. The van der Waals surface area contributed by atoms with Gasteiger partial charge in [0.1, 0.15) is 11.6 Å². The Hall–Kier alpha value is -2.97. The van der Waals surface area contributed by atoms with Crippen molar-refractivity contribution >= 4 is 23.4 Å². The van der Waals surface area contributed by atoms with Gasteiger partial charge in [0.2, 0.25) is 17.7 Å². The van der Waals surface area contributed by atoms with Gasteiger partial charge in [-0.05, 0) is 45.2 Å². The van der Waals surface area contributed by atoms with Gasteiger partial charge in [0, 0.05) is 38.0 Å². The molecule has 3 amide bonds. The van der Waals surface area contributed by atoms with E-state index in [2.05, 4.69) is 13.8 Å². The fourth-order valence-electron chi connectivity index (χ4n) is 7.34. The third-order valence-electron chi connectivity index (χ3n) is 9.20. The third-order valence-corrected chi connectivity index (χ3v) is 9.20. The van der Waals surface area contributed by atoms with Crippen LogP contribution in [0.4, 0.5) is 5.69 Å². The van der Waals surface area contributed by atoms with Gasteiger partial charge in [-0.15, -0.1) is 0 Å². The molecule has 2 unspecified atom stereocenters. The van der Waals surface area contributed by atoms with Gasteiger partial charge < -0.3 is 24.5 Å². The van der Waals surface area contributed by atoms with E-state index in [1.165, 1.54) is 0 Å². The van der Waals surface area contributed by atoms with Crippen LogP contribution in [-0.4, -0.2) is 82.2 Å². The molecule has 0 aromatic heterocycles. The molecule has 0 saturated carbocycles. The summed E-state index contributed by atoms with van der Waals surface area (Å²) in [6.07, 6.45) is 12.7. The number of carbonyl (C=O) groups is 3. The molecule has 4 aliphatic rings. The molecule has 216 valence electrons. The Bertz CT molecular complexity index is 1170. The maximum atomic E-state index is 14.4. The maximum Gasteiger partial charge on any atom is 0.249 e. The van der Waals surface area contributed by atoms with E-state index in [-0.39, 0.29) is 30.4 Å². The first-order valence-corrected chi connectivity index (χ1v) is 14.9. The second kappa shape index (κ2) is 11.5. The molecule has 0 bridgehead atoms. The van der Waals surface area contributed by atoms with Crippen LogP contribution in [-0.2, 0) is 19.1 Å². The van der Waals surface area contributed by atoms with Crippen molar-refractivity contribution in [3.05, 3.63) is 54.6 Å². The Morgan fingerprint density at radius 1 is 0.950 bits per heavy atom. The normalized spacial score (nSPS) is 32.1. The minimum absolute atomic E-state index is 0.0235. The fourth-order valence-corrected chi connectivity index (χ4v) is 7.34. The van der Waals surface area contributed by atoms with Crippen LogP contribution in [0, 0.1) is 11.8 Å². The summed E-state index contributed by atoms with van der Waals surface area (Å²) in [7, 11) is 0. The largest absolute Gasteiger partial charge is 0.396 e. The molecule has 2 saturated heterocycles. The monoisotopic (exact) mass is 549 g/mol. The minimum atomic E-state index is -1.22. The molecule has 4 aliphatic heterocycles. The van der Waals surface area contributed by atoms with Crippen LogP contribution in [0.25, 0.3) is 0 Å². The van der Waals surface area contributed by atoms with Crippen molar-refractivity contribution in [1.29, 1.82) is 0 Å². The van der Waals surface area contributed by atoms with Crippen LogP contribution in [0.3, 0.4) is 0 Å². The molecule has 6 atom stereocenters. The quantitative estimate of drug-likeness (QED) is 0.355. The van der Waals surface area contributed by atoms with E-state index in [1.807, 2.05) is 66.5 Å². The zero-order chi connectivity index (χ0) is 28.5. The van der Waals surface area contributed by atoms with E-state index >= 15 is 0 Å². The van der Waals surface area contributed by atoms with Crippen LogP contribution >= 0.6 is 0 Å². The Morgan fingerprint density at radius 2 is 1.68 bits per heavy atom. The number of rotatable bonds is 10. The molecule has 4 heterocycles. The summed E-state index contributed by atoms with van der Waals surface area (Å²) in [5.41, 5.74) is -1.47. The SMILES string of the molecule is CCCC(C)N1CC=C[C@]23O[C@@]4(C)C=CCN(c5ccccc5)C(=O)[C@H]4[C@H]2C(=O)N(CCCCCCO)C3C1=O. The number of anilines is 1. The van der Waals surface area contributed by atoms with Crippen molar-refractivity contribution in [2.24, 2.45) is 11.8 Å². The summed E-state index contributed by atoms with van der Waals surface area (Å²) in [5.74, 6) is -2.01. The third kappa shape index (κ3) is 4.69. The Balaban J connectivity index is 1.56. The highest BCUT2D eigenvalue weighted by atomic mass is 16.5. The lowest BCUT2D eigenvalue weighted by molar-refractivity contribution is -0.152. The average Bonchev–Trinajstić information content (AvgIpc) is 3.20. The molecular weight excluding hydrogens is 506 g/mol. The number of para-hydroxylation sites is 1. The average molecular weight is 550 g/mol. The van der Waals surface area contributed by atoms with Crippen LogP contribution in [0.1, 0.15) is 59.3 Å². The molecule has 1 N–H and O–H groups in total. The lowest BCUT2D eigenvalue weighted by Gasteiger charge is -2.38. The highest BCUT2D eigenvalue weighted by molar-refractivity contribution is 6.04. The molecular formula is C32H43N3O5. The van der Waals surface area contributed by atoms with E-state index < -0.39 is 29.1 Å². The van der Waals surface area contributed by atoms with Crippen molar-refractivity contribution in [3.63, 3.8) is 0 Å². The zero-order valence-electron chi connectivity index (χ0n) is 24.0. The lowest BCUT2D eigenvalue weighted by atomic mass is 9.74. The number of hydrogen-bond donors (Lipinski definition) is 1. The van der Waals surface area contributed by atoms with Crippen molar-refractivity contribution in [2.45, 2.75) is 82.6 Å². The molecule has 2 fully saturated rings. The maximum absolute atomic E-state index is 14.4. The molecule has 5 rings (SSSR count). The number of aliphatic hydroxyl groups excluding tert-OH is 1. The van der Waals surface area contributed by atoms with Gasteiger partial charge in [-0.25, -0.2) is 0 Å². The first-order chi connectivity index (χ1) is 19.3. The molecule has 8 heteroatoms. The van der Waals surface area contributed by atoms with Gasteiger partial charge in [-0.3, -0.25) is 14.4 Å². The smallest absolute Gasteiger partial charge is 0.249 e. The van der Waals surface area contributed by atoms with E-state index in [0.29, 0.717) is 26.1 Å². The van der Waals surface area contributed by atoms with Crippen LogP contribution in [0.2, 0.25) is 0 Å². The topological polar surface area (TPSA) is 90.4 Å². The van der Waals surface area contributed by atoms with Gasteiger partial charge >= 0.3 is 0 Å². The van der Waals surface area contributed by atoms with Gasteiger partial charge in [0.25, 0.3) is 0 Å². The molecule has 1 spiro atoms. The summed E-state index contributed by atoms with van der Waals surface area (Å²) < 4.78 is 6.92.